The van der Waals surface area contributed by atoms with Crippen molar-refractivity contribution in [2.75, 3.05) is 5.32 Å². The van der Waals surface area contributed by atoms with Crippen LogP contribution in [0.5, 0.6) is 0 Å². The maximum Gasteiger partial charge on any atom is 0.339 e. The van der Waals surface area contributed by atoms with E-state index in [9.17, 15) is 34.6 Å². The van der Waals surface area contributed by atoms with E-state index in [1.165, 1.54) is 18.2 Å². The number of nitrogens with zero attached hydrogens (tertiary/aromatic N) is 2. The van der Waals surface area contributed by atoms with Crippen LogP contribution in [-0.4, -0.2) is 28.4 Å². The van der Waals surface area contributed by atoms with Crippen molar-refractivity contribution in [3.8, 4) is 6.07 Å². The number of nitro benzene ring substituents is 1. The predicted octanol–water partition coefficient (Wildman–Crippen LogP) is 3.78. The van der Waals surface area contributed by atoms with Gasteiger partial charge in [0, 0.05) is 17.7 Å². The number of carbonyl (C=O) groups is 4. The topological polar surface area (TPSA) is 156 Å². The minimum atomic E-state index is -1.71. The zero-order valence-electron chi connectivity index (χ0n) is 19.0. The molecule has 182 valence electrons. The van der Waals surface area contributed by atoms with Crippen LogP contribution >= 0.6 is 0 Å². The van der Waals surface area contributed by atoms with Gasteiger partial charge < -0.3 is 10.1 Å². The van der Waals surface area contributed by atoms with E-state index < -0.39 is 40.4 Å². The number of nitrogens with one attached hydrogen (secondary N) is 1. The normalized spacial score (nSPS) is 14.8. The molecule has 0 aromatic heterocycles. The molecule has 1 heterocycles. The summed E-state index contributed by atoms with van der Waals surface area (Å²) in [5, 5.41) is 22.6. The number of ketones is 2. The number of cyclic esters (lactones) is 1. The molecule has 37 heavy (non-hydrogen) atoms. The van der Waals surface area contributed by atoms with Crippen LogP contribution in [0.4, 0.5) is 11.4 Å². The Morgan fingerprint density at radius 2 is 1.76 bits per heavy atom. The van der Waals surface area contributed by atoms with Gasteiger partial charge in [-0.1, -0.05) is 54.6 Å². The number of amides is 1. The number of hydrogen-bond acceptors (Lipinski definition) is 8. The van der Waals surface area contributed by atoms with Gasteiger partial charge in [0.25, 0.3) is 11.6 Å². The first-order valence-corrected chi connectivity index (χ1v) is 10.9. The molecule has 0 saturated carbocycles. The number of rotatable bonds is 8. The number of allylic oxidation sites excluding steroid dienone is 1. The van der Waals surface area contributed by atoms with E-state index in [0.29, 0.717) is 5.56 Å². The molecule has 10 heteroatoms. The van der Waals surface area contributed by atoms with Crippen molar-refractivity contribution in [2.45, 2.75) is 6.10 Å². The lowest BCUT2D eigenvalue weighted by atomic mass is 9.86. The van der Waals surface area contributed by atoms with Crippen LogP contribution in [0.2, 0.25) is 0 Å². The summed E-state index contributed by atoms with van der Waals surface area (Å²) in [6.45, 7) is 0. The van der Waals surface area contributed by atoms with Crippen LogP contribution in [0.25, 0.3) is 6.08 Å². The Balaban J connectivity index is 1.67. The van der Waals surface area contributed by atoms with Gasteiger partial charge in [-0.3, -0.25) is 24.5 Å². The van der Waals surface area contributed by atoms with Gasteiger partial charge in [-0.15, -0.1) is 0 Å². The van der Waals surface area contributed by atoms with Gasteiger partial charge in [-0.25, -0.2) is 4.79 Å². The Morgan fingerprint density at radius 1 is 1.05 bits per heavy atom. The third kappa shape index (κ3) is 5.16. The molecule has 2 atom stereocenters. The number of hydrogen-bond donors (Lipinski definition) is 1. The molecule has 0 aliphatic carbocycles. The molecule has 4 rings (SSSR count). The maximum absolute atomic E-state index is 13.3. The standard InChI is InChI=1S/C27H17N3O7/c28-15-17-14-18(30(35)36)11-12-21(17)29-26(33)24(32)23(22(31)13-10-16-6-2-1-3-7-16)25-19-8-4-5-9-20(19)27(34)37-25/h1-14,23,25H,(H,29,33)/b13-10+/t23-,25+/m1/s1. The van der Waals surface area contributed by atoms with Crippen molar-refractivity contribution in [3.63, 3.8) is 0 Å². The van der Waals surface area contributed by atoms with Gasteiger partial charge in [-0.2, -0.15) is 5.26 Å². The number of fused-ring (bicyclic) bond motifs is 1. The average molecular weight is 495 g/mol. The molecule has 3 aromatic rings. The van der Waals surface area contributed by atoms with E-state index in [1.54, 1.807) is 48.5 Å². The summed E-state index contributed by atoms with van der Waals surface area (Å²) in [6, 6.07) is 19.8. The Labute approximate surface area is 209 Å². The van der Waals surface area contributed by atoms with E-state index in [0.717, 1.165) is 24.3 Å². The Hall–Kier alpha value is -5.43. The fourth-order valence-electron chi connectivity index (χ4n) is 3.86. The fourth-order valence-corrected chi connectivity index (χ4v) is 3.86. The number of ether oxygens (including phenoxy) is 1. The van der Waals surface area contributed by atoms with Crippen LogP contribution in [0.3, 0.4) is 0 Å². The van der Waals surface area contributed by atoms with Crippen molar-refractivity contribution >= 4 is 40.9 Å². The summed E-state index contributed by atoms with van der Waals surface area (Å²) in [5.74, 6) is -5.68. The number of non-ortho nitro benzene ring substituents is 1. The second-order valence-electron chi connectivity index (χ2n) is 7.95. The predicted molar refractivity (Wildman–Crippen MR) is 130 cm³/mol. The van der Waals surface area contributed by atoms with Crippen LogP contribution < -0.4 is 5.32 Å². The van der Waals surface area contributed by atoms with Crippen LogP contribution in [-0.2, 0) is 19.1 Å². The van der Waals surface area contributed by atoms with Crippen molar-refractivity contribution in [2.24, 2.45) is 5.92 Å². The number of Topliss-reactive ketones (excluding diaryl/α,β-unsaturated/α-hetero) is 1. The van der Waals surface area contributed by atoms with E-state index in [4.69, 9.17) is 4.74 Å². The highest BCUT2D eigenvalue weighted by molar-refractivity contribution is 6.45. The summed E-state index contributed by atoms with van der Waals surface area (Å²) in [5.41, 5.74) is 0.344. The number of nitriles is 1. The summed E-state index contributed by atoms with van der Waals surface area (Å²) in [4.78, 5) is 62.2. The number of benzene rings is 3. The molecule has 3 aromatic carbocycles. The van der Waals surface area contributed by atoms with Gasteiger partial charge in [0.15, 0.2) is 5.78 Å². The van der Waals surface area contributed by atoms with Gasteiger partial charge in [0.1, 0.15) is 18.1 Å². The summed E-state index contributed by atoms with van der Waals surface area (Å²) >= 11 is 0. The van der Waals surface area contributed by atoms with Crippen molar-refractivity contribution in [3.05, 3.63) is 111 Å². The SMILES string of the molecule is N#Cc1cc([N+](=O)[O-])ccc1NC(=O)C(=O)[C@@H](C(=O)/C=C/c1ccccc1)[C@H]1OC(=O)c2ccccc21. The van der Waals surface area contributed by atoms with Crippen molar-refractivity contribution in [1.82, 2.24) is 0 Å². The van der Waals surface area contributed by atoms with Gasteiger partial charge >= 0.3 is 5.97 Å². The van der Waals surface area contributed by atoms with Crippen LogP contribution in [0.1, 0.15) is 33.2 Å². The lowest BCUT2D eigenvalue weighted by molar-refractivity contribution is -0.384. The second kappa shape index (κ2) is 10.5. The number of carbonyl (C=O) groups excluding carboxylic acids is 4. The molecule has 0 saturated heterocycles. The fraction of sp³-hybridized carbons (Fsp3) is 0.0741. The Kier molecular flexibility index (Phi) is 6.97. The smallest absolute Gasteiger partial charge is 0.339 e. The summed E-state index contributed by atoms with van der Waals surface area (Å²) in [7, 11) is 0. The zero-order chi connectivity index (χ0) is 26.5. The van der Waals surface area contributed by atoms with E-state index in [-0.39, 0.29) is 28.1 Å². The van der Waals surface area contributed by atoms with Gasteiger partial charge in [-0.05, 0) is 23.8 Å². The minimum Gasteiger partial charge on any atom is -0.453 e. The van der Waals surface area contributed by atoms with Crippen molar-refractivity contribution < 1.29 is 28.8 Å². The van der Waals surface area contributed by atoms with Crippen LogP contribution in [0.15, 0.2) is 78.9 Å². The molecule has 0 unspecified atom stereocenters. The Morgan fingerprint density at radius 3 is 2.46 bits per heavy atom. The van der Waals surface area contributed by atoms with E-state index >= 15 is 0 Å². The first-order valence-electron chi connectivity index (χ1n) is 10.9. The molecular formula is C27H17N3O7. The molecule has 1 aliphatic rings. The molecule has 1 N–H and O–H groups in total. The molecule has 10 nitrogen and oxygen atoms in total. The van der Waals surface area contributed by atoms with E-state index in [1.807, 2.05) is 0 Å². The largest absolute Gasteiger partial charge is 0.453 e. The summed E-state index contributed by atoms with van der Waals surface area (Å²) in [6.07, 6.45) is 1.25. The third-order valence-electron chi connectivity index (χ3n) is 5.66. The maximum atomic E-state index is 13.3. The molecule has 0 bridgehead atoms. The van der Waals surface area contributed by atoms with Crippen molar-refractivity contribution in [1.29, 1.82) is 5.26 Å². The highest BCUT2D eigenvalue weighted by Crippen LogP contribution is 2.37. The molecule has 0 spiro atoms. The monoisotopic (exact) mass is 495 g/mol. The second-order valence-corrected chi connectivity index (χ2v) is 7.95. The molecule has 1 aliphatic heterocycles. The summed E-state index contributed by atoms with van der Waals surface area (Å²) < 4.78 is 5.35. The first-order chi connectivity index (χ1) is 17.8. The Bertz CT molecular complexity index is 1510. The third-order valence-corrected chi connectivity index (χ3v) is 5.66. The highest BCUT2D eigenvalue weighted by atomic mass is 16.6. The van der Waals surface area contributed by atoms with Crippen LogP contribution in [0, 0.1) is 27.4 Å². The number of anilines is 1. The highest BCUT2D eigenvalue weighted by Gasteiger charge is 2.45. The molecule has 1 amide bonds. The minimum absolute atomic E-state index is 0.152. The lowest BCUT2D eigenvalue weighted by Crippen LogP contribution is -2.37. The number of esters is 1. The average Bonchev–Trinajstić information content (AvgIpc) is 3.24. The quantitative estimate of drug-likeness (QED) is 0.124. The van der Waals surface area contributed by atoms with Gasteiger partial charge in [0.05, 0.1) is 21.7 Å². The molecular weight excluding hydrogens is 478 g/mol. The number of nitro groups is 1. The lowest BCUT2D eigenvalue weighted by Gasteiger charge is -2.20. The first kappa shape index (κ1) is 24.7. The zero-order valence-corrected chi connectivity index (χ0v) is 19.0. The molecule has 0 radical (unpaired) electrons. The van der Waals surface area contributed by atoms with E-state index in [2.05, 4.69) is 5.32 Å². The molecule has 0 fully saturated rings. The van der Waals surface area contributed by atoms with Gasteiger partial charge in [0.2, 0.25) is 5.78 Å².